The summed E-state index contributed by atoms with van der Waals surface area (Å²) in [7, 11) is -4.36. The van der Waals surface area contributed by atoms with Crippen molar-refractivity contribution in [1.82, 2.24) is 4.98 Å². The first-order valence-corrected chi connectivity index (χ1v) is 9.91. The van der Waals surface area contributed by atoms with Crippen LogP contribution in [0.1, 0.15) is 11.1 Å². The van der Waals surface area contributed by atoms with Crippen LogP contribution >= 0.6 is 0 Å². The van der Waals surface area contributed by atoms with Crippen molar-refractivity contribution in [2.24, 2.45) is 0 Å². The van der Waals surface area contributed by atoms with Gasteiger partial charge < -0.3 is 8.60 Å². The summed E-state index contributed by atoms with van der Waals surface area (Å²) < 4.78 is 75.1. The molecule has 0 aliphatic carbocycles. The van der Waals surface area contributed by atoms with Gasteiger partial charge in [0.2, 0.25) is 0 Å². The van der Waals surface area contributed by atoms with Crippen LogP contribution in [0.2, 0.25) is 0 Å². The zero-order valence-electron chi connectivity index (χ0n) is 15.2. The zero-order valence-corrected chi connectivity index (χ0v) is 16.0. The number of halogens is 3. The Morgan fingerprint density at radius 1 is 1.03 bits per heavy atom. The maximum Gasteiger partial charge on any atom is 0.417 e. The summed E-state index contributed by atoms with van der Waals surface area (Å²) in [4.78, 5) is 15.5. The Morgan fingerprint density at radius 2 is 1.80 bits per heavy atom. The molecule has 0 radical (unpaired) electrons. The molecule has 4 aromatic rings. The van der Waals surface area contributed by atoms with E-state index in [0.717, 1.165) is 23.8 Å². The van der Waals surface area contributed by atoms with Gasteiger partial charge in [0.25, 0.3) is 0 Å². The third-order valence-electron chi connectivity index (χ3n) is 4.43. The second-order valence-corrected chi connectivity index (χ2v) is 7.97. The summed E-state index contributed by atoms with van der Waals surface area (Å²) >= 11 is 0. The first-order valence-electron chi connectivity index (χ1n) is 8.50. The van der Waals surface area contributed by atoms with E-state index in [1.165, 1.54) is 12.3 Å². The molecule has 0 saturated carbocycles. The molecule has 4 rings (SSSR count). The molecule has 0 fully saturated rings. The van der Waals surface area contributed by atoms with Gasteiger partial charge in [-0.05, 0) is 42.8 Å². The van der Waals surface area contributed by atoms with Gasteiger partial charge in [0.1, 0.15) is 16.2 Å². The van der Waals surface area contributed by atoms with Gasteiger partial charge >= 0.3 is 21.9 Å². The van der Waals surface area contributed by atoms with Gasteiger partial charge in [-0.3, -0.25) is 4.98 Å². The third kappa shape index (κ3) is 3.50. The molecule has 0 N–H and O–H groups in total. The molecule has 0 aliphatic heterocycles. The van der Waals surface area contributed by atoms with E-state index in [1.54, 1.807) is 25.1 Å². The van der Waals surface area contributed by atoms with E-state index in [9.17, 15) is 26.4 Å². The Balaban J connectivity index is 1.81. The van der Waals surface area contributed by atoms with Gasteiger partial charge in [0.15, 0.2) is 0 Å². The van der Waals surface area contributed by atoms with Crippen LogP contribution in [-0.4, -0.2) is 13.4 Å². The SMILES string of the molecule is Cc1ccc(S(=O)(=O)Oc2ccc3c(C(F)(F)F)cc(=O)oc3c2)c2cccnc12. The third-order valence-corrected chi connectivity index (χ3v) is 5.73. The maximum atomic E-state index is 13.2. The monoisotopic (exact) mass is 435 g/mol. The predicted molar refractivity (Wildman–Crippen MR) is 102 cm³/mol. The standard InChI is InChI=1S/C20H12F3NO5S/c1-11-4-7-17(14-3-2-8-24-19(11)14)30(26,27)29-12-5-6-13-15(20(21,22)23)10-18(25)28-16(13)9-12/h2-10H,1H3. The van der Waals surface area contributed by atoms with Crippen molar-refractivity contribution in [3.63, 3.8) is 0 Å². The minimum atomic E-state index is -4.78. The first-order chi connectivity index (χ1) is 14.1. The highest BCUT2D eigenvalue weighted by Gasteiger charge is 2.34. The van der Waals surface area contributed by atoms with Gasteiger partial charge in [0, 0.05) is 29.1 Å². The average Bonchev–Trinajstić information content (AvgIpc) is 2.66. The molecule has 0 unspecified atom stereocenters. The lowest BCUT2D eigenvalue weighted by Gasteiger charge is -2.12. The fourth-order valence-electron chi connectivity index (χ4n) is 3.11. The second kappa shape index (κ2) is 6.84. The highest BCUT2D eigenvalue weighted by Crippen LogP contribution is 2.35. The molecule has 10 heteroatoms. The van der Waals surface area contributed by atoms with Gasteiger partial charge in [0.05, 0.1) is 11.1 Å². The van der Waals surface area contributed by atoms with E-state index in [4.69, 9.17) is 8.60 Å². The molecular weight excluding hydrogens is 423 g/mol. The van der Waals surface area contributed by atoms with Gasteiger partial charge in [-0.15, -0.1) is 0 Å². The number of pyridine rings is 1. The molecule has 2 aromatic carbocycles. The highest BCUT2D eigenvalue weighted by molar-refractivity contribution is 7.87. The number of hydrogen-bond donors (Lipinski definition) is 0. The summed E-state index contributed by atoms with van der Waals surface area (Å²) in [6, 6.07) is 9.39. The molecule has 0 atom stereocenters. The van der Waals surface area contributed by atoms with E-state index in [-0.39, 0.29) is 10.6 Å². The Morgan fingerprint density at radius 3 is 2.53 bits per heavy atom. The van der Waals surface area contributed by atoms with Crippen molar-refractivity contribution in [3.05, 3.63) is 76.3 Å². The summed E-state index contributed by atoms with van der Waals surface area (Å²) in [6.07, 6.45) is -3.26. The zero-order chi connectivity index (χ0) is 21.7. The quantitative estimate of drug-likeness (QED) is 0.349. The Hall–Kier alpha value is -3.40. The lowest BCUT2D eigenvalue weighted by Crippen LogP contribution is -2.12. The number of rotatable bonds is 3. The van der Waals surface area contributed by atoms with Crippen LogP contribution < -0.4 is 9.81 Å². The van der Waals surface area contributed by atoms with Gasteiger partial charge in [-0.25, -0.2) is 4.79 Å². The van der Waals surface area contributed by atoms with Crippen molar-refractivity contribution in [2.75, 3.05) is 0 Å². The van der Waals surface area contributed by atoms with Crippen molar-refractivity contribution < 1.29 is 30.2 Å². The number of nitrogens with zero attached hydrogens (tertiary/aromatic N) is 1. The maximum absolute atomic E-state index is 13.2. The first kappa shape index (κ1) is 19.9. The van der Waals surface area contributed by atoms with Crippen LogP contribution in [0.5, 0.6) is 5.75 Å². The molecule has 2 heterocycles. The molecule has 0 aliphatic rings. The van der Waals surface area contributed by atoms with Crippen LogP contribution in [0.25, 0.3) is 21.9 Å². The normalized spacial score (nSPS) is 12.4. The number of aryl methyl sites for hydroxylation is 1. The van der Waals surface area contributed by atoms with Crippen molar-refractivity contribution in [3.8, 4) is 5.75 Å². The van der Waals surface area contributed by atoms with Crippen molar-refractivity contribution in [1.29, 1.82) is 0 Å². The lowest BCUT2D eigenvalue weighted by molar-refractivity contribution is -0.136. The number of alkyl halides is 3. The highest BCUT2D eigenvalue weighted by atomic mass is 32.2. The molecule has 30 heavy (non-hydrogen) atoms. The minimum absolute atomic E-state index is 0.151. The molecule has 0 spiro atoms. The number of hydrogen-bond acceptors (Lipinski definition) is 6. The van der Waals surface area contributed by atoms with Crippen LogP contribution in [0.3, 0.4) is 0 Å². The number of aromatic nitrogens is 1. The molecule has 6 nitrogen and oxygen atoms in total. The van der Waals surface area contributed by atoms with E-state index >= 15 is 0 Å². The second-order valence-electron chi connectivity index (χ2n) is 6.45. The fourth-order valence-corrected chi connectivity index (χ4v) is 4.22. The summed E-state index contributed by atoms with van der Waals surface area (Å²) in [5, 5.41) is -0.0546. The topological polar surface area (TPSA) is 86.5 Å². The molecule has 0 bridgehead atoms. The molecule has 2 aromatic heterocycles. The van der Waals surface area contributed by atoms with Gasteiger partial charge in [-0.2, -0.15) is 21.6 Å². The Bertz CT molecular complexity index is 1460. The van der Waals surface area contributed by atoms with Crippen LogP contribution in [0, 0.1) is 6.92 Å². The Kier molecular flexibility index (Phi) is 4.53. The van der Waals surface area contributed by atoms with Crippen LogP contribution in [0.15, 0.2) is 68.8 Å². The molecular formula is C20H12F3NO5S. The van der Waals surface area contributed by atoms with E-state index in [0.29, 0.717) is 17.0 Å². The average molecular weight is 435 g/mol. The predicted octanol–water partition coefficient (Wildman–Crippen LogP) is 4.44. The van der Waals surface area contributed by atoms with E-state index in [1.807, 2.05) is 0 Å². The number of benzene rings is 2. The van der Waals surface area contributed by atoms with Crippen LogP contribution in [-0.2, 0) is 16.3 Å². The van der Waals surface area contributed by atoms with Gasteiger partial charge in [-0.1, -0.05) is 6.07 Å². The summed E-state index contributed by atoms with van der Waals surface area (Å²) in [5.74, 6) is -0.303. The molecule has 0 amide bonds. The van der Waals surface area contributed by atoms with Crippen LogP contribution in [0.4, 0.5) is 13.2 Å². The Labute approximate surface area is 167 Å². The minimum Gasteiger partial charge on any atom is -0.423 e. The molecule has 0 saturated heterocycles. The lowest BCUT2D eigenvalue weighted by atomic mass is 10.1. The van der Waals surface area contributed by atoms with E-state index < -0.39 is 38.5 Å². The smallest absolute Gasteiger partial charge is 0.417 e. The van der Waals surface area contributed by atoms with Crippen molar-refractivity contribution in [2.45, 2.75) is 18.0 Å². The fraction of sp³-hybridized carbons (Fsp3) is 0.100. The number of fused-ring (bicyclic) bond motifs is 2. The summed E-state index contributed by atoms with van der Waals surface area (Å²) in [6.45, 7) is 1.77. The van der Waals surface area contributed by atoms with Crippen molar-refractivity contribution >= 4 is 32.0 Å². The largest absolute Gasteiger partial charge is 0.423 e. The summed E-state index contributed by atoms with van der Waals surface area (Å²) in [5.41, 5.74) is -1.61. The molecule has 154 valence electrons. The van der Waals surface area contributed by atoms with E-state index in [2.05, 4.69) is 4.98 Å².